The molecule has 0 unspecified atom stereocenters. The third kappa shape index (κ3) is 112. The van der Waals surface area contributed by atoms with Crippen molar-refractivity contribution in [2.75, 3.05) is 0 Å². The van der Waals surface area contributed by atoms with Gasteiger partial charge < -0.3 is 22.7 Å². The Bertz CT molecular complexity index is 27.2. The van der Waals surface area contributed by atoms with Crippen molar-refractivity contribution in [1.29, 1.82) is 0 Å². The molecule has 0 saturated heterocycles. The van der Waals surface area contributed by atoms with Crippen molar-refractivity contribution < 1.29 is 74.1 Å². The molecule has 0 aliphatic heterocycles. The zero-order valence-corrected chi connectivity index (χ0v) is 6.71. The van der Waals surface area contributed by atoms with Gasteiger partial charge in [0, 0.05) is 0 Å². The van der Waals surface area contributed by atoms with Gasteiger partial charge in [0.25, 0.3) is 0 Å². The Morgan fingerprint density at radius 2 is 0.857 bits per heavy atom. The van der Waals surface area contributed by atoms with Gasteiger partial charge in [0.05, 0.1) is 0 Å². The molecule has 0 aromatic rings. The summed E-state index contributed by atoms with van der Waals surface area (Å²) in [6, 6.07) is 0. The molecular weight excluding hydrogens is 142 g/mol. The van der Waals surface area contributed by atoms with Crippen LogP contribution in [-0.4, -0.2) is 12.7 Å². The topological polar surface area (TPSA) is 31.5 Å². The maximum Gasteiger partial charge on any atom is 1.00 e. The fourth-order valence-electron chi connectivity index (χ4n) is 0. The van der Waals surface area contributed by atoms with Crippen molar-refractivity contribution in [3.8, 4) is 0 Å². The molecule has 0 spiro atoms. The van der Waals surface area contributed by atoms with E-state index in [0.717, 1.165) is 0 Å². The molecule has 0 saturated carbocycles. The predicted molar refractivity (Wildman–Crippen MR) is 13.8 cm³/mol. The number of hydrogen-bond donors (Lipinski definition) is 0. The Kier molecular flexibility index (Phi) is 12.4. The monoisotopic (exact) mass is 144 g/mol. The number of hydrogen-bond acceptors (Lipinski definition) is 0. The van der Waals surface area contributed by atoms with Crippen LogP contribution in [0, 0.1) is 0 Å². The molecule has 40 valence electrons. The second-order valence-electron chi connectivity index (χ2n) is 0.495. The molecule has 0 aromatic carbocycles. The minimum Gasteiger partial charge on any atom is -0.418 e. The van der Waals surface area contributed by atoms with Crippen LogP contribution < -0.4 is 51.4 Å². The van der Waals surface area contributed by atoms with Crippen molar-refractivity contribution in [3.05, 3.63) is 0 Å². The normalized spacial score (nSPS) is 8.57. The van der Waals surface area contributed by atoms with E-state index in [-0.39, 0.29) is 56.9 Å². The van der Waals surface area contributed by atoms with E-state index in [1.807, 2.05) is 0 Å². The average Bonchev–Trinajstić information content (AvgIpc) is 0.722. The summed E-state index contributed by atoms with van der Waals surface area (Å²) in [5.41, 5.74) is 0. The zero-order valence-electron chi connectivity index (χ0n) is 3.59. The van der Waals surface area contributed by atoms with E-state index in [1.54, 1.807) is 0 Å². The summed E-state index contributed by atoms with van der Waals surface area (Å²) in [5.74, 6) is 0. The van der Waals surface area contributed by atoms with Gasteiger partial charge in [-0.3, -0.25) is 0 Å². The molecule has 7 heteroatoms. The summed E-state index contributed by atoms with van der Waals surface area (Å²) in [6.07, 6.45) is 0. The molecule has 0 heterocycles. The first-order chi connectivity index (χ1) is 2.00. The Morgan fingerprint density at radius 3 is 0.857 bits per heavy atom. The number of halogens is 4. The van der Waals surface area contributed by atoms with Crippen LogP contribution in [-0.2, 0) is 0 Å². The molecule has 0 amide bonds. The molecule has 0 fully saturated rings. The predicted octanol–water partition coefficient (Wildman–Crippen LogP) is -2.52. The molecule has 0 aliphatic rings. The van der Waals surface area contributed by atoms with Crippen molar-refractivity contribution in [2.45, 2.75) is 0 Å². The molecule has 7 heavy (non-hydrogen) atoms. The Morgan fingerprint density at radius 1 is 0.857 bits per heavy atom. The first-order valence-electron chi connectivity index (χ1n) is 0.873. The number of rotatable bonds is 0. The molecule has 0 atom stereocenters. The van der Waals surface area contributed by atoms with E-state index in [1.165, 1.54) is 0 Å². The van der Waals surface area contributed by atoms with Gasteiger partial charge in [-0.05, 0) is 0 Å². The molecular formula is H2BF4KO. The van der Waals surface area contributed by atoms with Crippen molar-refractivity contribution in [2.24, 2.45) is 0 Å². The van der Waals surface area contributed by atoms with Crippen LogP contribution in [0.3, 0.4) is 0 Å². The van der Waals surface area contributed by atoms with Crippen LogP contribution in [0.5, 0.6) is 0 Å². The summed E-state index contributed by atoms with van der Waals surface area (Å²) in [7, 11) is -6.00. The molecule has 0 bridgehead atoms. The van der Waals surface area contributed by atoms with Gasteiger partial charge in [0.1, 0.15) is 0 Å². The molecule has 2 N–H and O–H groups in total. The Hall–Kier alpha value is 1.38. The van der Waals surface area contributed by atoms with E-state index in [2.05, 4.69) is 0 Å². The van der Waals surface area contributed by atoms with Crippen LogP contribution in [0.4, 0.5) is 17.3 Å². The molecule has 1 nitrogen and oxygen atoms in total. The zero-order chi connectivity index (χ0) is 4.50. The van der Waals surface area contributed by atoms with Gasteiger partial charge in [-0.2, -0.15) is 0 Å². The van der Waals surface area contributed by atoms with Gasteiger partial charge in [-0.1, -0.05) is 0 Å². The third-order valence-corrected chi connectivity index (χ3v) is 0. The van der Waals surface area contributed by atoms with Crippen molar-refractivity contribution >= 4 is 7.25 Å². The Balaban J connectivity index is -0.0000000800. The third-order valence-electron chi connectivity index (χ3n) is 0. The fraction of sp³-hybridized carbons (Fsp3) is 0. The SMILES string of the molecule is F[B-](F)(F)F.O.[K+]. The van der Waals surface area contributed by atoms with E-state index in [4.69, 9.17) is 0 Å². The summed E-state index contributed by atoms with van der Waals surface area (Å²) in [6.45, 7) is 0. The van der Waals surface area contributed by atoms with E-state index in [9.17, 15) is 17.3 Å². The van der Waals surface area contributed by atoms with E-state index >= 15 is 0 Å². The fourth-order valence-corrected chi connectivity index (χ4v) is 0. The quantitative estimate of drug-likeness (QED) is 0.265. The van der Waals surface area contributed by atoms with Crippen LogP contribution in [0.1, 0.15) is 0 Å². The molecule has 0 aromatic heterocycles. The summed E-state index contributed by atoms with van der Waals surface area (Å²) in [4.78, 5) is 0. The Labute approximate surface area is 80.3 Å². The van der Waals surface area contributed by atoms with E-state index in [0.29, 0.717) is 0 Å². The smallest absolute Gasteiger partial charge is 0.418 e. The minimum atomic E-state index is -6.00. The van der Waals surface area contributed by atoms with Gasteiger partial charge in [-0.25, -0.2) is 0 Å². The second-order valence-corrected chi connectivity index (χ2v) is 0.495. The van der Waals surface area contributed by atoms with Crippen LogP contribution in [0.2, 0.25) is 0 Å². The van der Waals surface area contributed by atoms with Crippen LogP contribution in [0.15, 0.2) is 0 Å². The first kappa shape index (κ1) is 15.8. The largest absolute Gasteiger partial charge is 1.00 e. The summed E-state index contributed by atoms with van der Waals surface area (Å²) in [5, 5.41) is 0. The second kappa shape index (κ2) is 5.52. The maximum atomic E-state index is 9.75. The van der Waals surface area contributed by atoms with Gasteiger partial charge >= 0.3 is 58.6 Å². The van der Waals surface area contributed by atoms with E-state index < -0.39 is 7.25 Å². The van der Waals surface area contributed by atoms with Crippen molar-refractivity contribution in [3.63, 3.8) is 0 Å². The molecule has 0 aliphatic carbocycles. The van der Waals surface area contributed by atoms with Crippen LogP contribution >= 0.6 is 0 Å². The van der Waals surface area contributed by atoms with Crippen LogP contribution in [0.25, 0.3) is 0 Å². The molecule has 0 rings (SSSR count). The first-order valence-corrected chi connectivity index (χ1v) is 0.873. The van der Waals surface area contributed by atoms with Gasteiger partial charge in [0.15, 0.2) is 0 Å². The summed E-state index contributed by atoms with van der Waals surface area (Å²) < 4.78 is 39.0. The molecule has 0 radical (unpaired) electrons. The van der Waals surface area contributed by atoms with Gasteiger partial charge in [-0.15, -0.1) is 0 Å². The maximum absolute atomic E-state index is 9.75. The average molecular weight is 144 g/mol. The minimum absolute atomic E-state index is 0. The van der Waals surface area contributed by atoms with Crippen molar-refractivity contribution in [1.82, 2.24) is 0 Å². The summed E-state index contributed by atoms with van der Waals surface area (Å²) >= 11 is 0. The standard InChI is InChI=1S/BF4.K.H2O/c2-1(3,4)5;;/h;;1H2/q-1;+1;. The van der Waals surface area contributed by atoms with Gasteiger partial charge in [0.2, 0.25) is 0 Å².